The van der Waals surface area contributed by atoms with E-state index in [2.05, 4.69) is 6.58 Å². The predicted octanol–water partition coefficient (Wildman–Crippen LogP) is 2.56. The molecule has 14 heavy (non-hydrogen) atoms. The summed E-state index contributed by atoms with van der Waals surface area (Å²) < 4.78 is 10.1. The van der Waals surface area contributed by atoms with Crippen molar-refractivity contribution in [3.8, 4) is 0 Å². The Labute approximate surface area is 87.1 Å². The van der Waals surface area contributed by atoms with Gasteiger partial charge in [-0.25, -0.2) is 0 Å². The minimum Gasteiger partial charge on any atom is -0.353 e. The molecule has 0 fully saturated rings. The first-order valence-corrected chi connectivity index (χ1v) is 4.89. The Kier molecular flexibility index (Phi) is 13.9. The Morgan fingerprint density at radius 2 is 1.79 bits per heavy atom. The Bertz CT molecular complexity index is 137. The Morgan fingerprint density at radius 3 is 1.93 bits per heavy atom. The molecule has 0 radical (unpaired) electrons. The molecule has 0 aromatic rings. The van der Waals surface area contributed by atoms with Gasteiger partial charge in [-0.3, -0.25) is 0 Å². The van der Waals surface area contributed by atoms with Crippen LogP contribution in [0.25, 0.3) is 0 Å². The highest BCUT2D eigenvalue weighted by Crippen LogP contribution is 1.90. The average Bonchev–Trinajstić information content (AvgIpc) is 2.05. The van der Waals surface area contributed by atoms with Crippen molar-refractivity contribution >= 4 is 6.29 Å². The maximum atomic E-state index is 9.55. The summed E-state index contributed by atoms with van der Waals surface area (Å²) in [4.78, 5) is 9.55. The van der Waals surface area contributed by atoms with Crippen LogP contribution in [0.4, 0.5) is 0 Å². The van der Waals surface area contributed by atoms with Gasteiger partial charge < -0.3 is 14.3 Å². The molecule has 0 aliphatic heterocycles. The molecule has 0 unspecified atom stereocenters. The standard InChI is InChI=1S/C6H14O2.C5H8O/c1-4-7-6(3)8-5-2;1-5(2)3-4-6/h6H,4-5H2,1-3H3;4H,1,3H2,2H3. The number of carbonyl (C=O) groups is 1. The van der Waals surface area contributed by atoms with Gasteiger partial charge in [0.1, 0.15) is 6.29 Å². The third kappa shape index (κ3) is 17.4. The monoisotopic (exact) mass is 202 g/mol. The molecule has 0 aromatic heterocycles. The molecule has 0 atom stereocenters. The van der Waals surface area contributed by atoms with Crippen LogP contribution >= 0.6 is 0 Å². The first kappa shape index (κ1) is 15.8. The van der Waals surface area contributed by atoms with E-state index in [4.69, 9.17) is 9.47 Å². The van der Waals surface area contributed by atoms with Crippen molar-refractivity contribution in [2.45, 2.75) is 40.4 Å². The molecule has 0 N–H and O–H groups in total. The van der Waals surface area contributed by atoms with E-state index in [-0.39, 0.29) is 6.29 Å². The van der Waals surface area contributed by atoms with E-state index in [1.54, 1.807) is 0 Å². The number of aldehydes is 1. The first-order chi connectivity index (χ1) is 6.58. The fraction of sp³-hybridized carbons (Fsp3) is 0.727. The second-order valence-electron chi connectivity index (χ2n) is 2.81. The molecule has 0 aliphatic carbocycles. The van der Waals surface area contributed by atoms with E-state index in [1.807, 2.05) is 27.7 Å². The topological polar surface area (TPSA) is 35.5 Å². The summed E-state index contributed by atoms with van der Waals surface area (Å²) in [5.41, 5.74) is 0.921. The Hall–Kier alpha value is -0.670. The number of allylic oxidation sites excluding steroid dienone is 1. The highest BCUT2D eigenvalue weighted by atomic mass is 16.7. The third-order valence-electron chi connectivity index (χ3n) is 1.23. The highest BCUT2D eigenvalue weighted by molar-refractivity contribution is 5.53. The van der Waals surface area contributed by atoms with Crippen molar-refractivity contribution in [2.75, 3.05) is 13.2 Å². The molecule has 84 valence electrons. The number of hydrogen-bond acceptors (Lipinski definition) is 3. The second-order valence-corrected chi connectivity index (χ2v) is 2.81. The largest absolute Gasteiger partial charge is 0.353 e. The van der Waals surface area contributed by atoms with Crippen LogP contribution in [-0.4, -0.2) is 25.8 Å². The van der Waals surface area contributed by atoms with E-state index < -0.39 is 0 Å². The van der Waals surface area contributed by atoms with E-state index in [0.717, 1.165) is 25.1 Å². The number of hydrogen-bond donors (Lipinski definition) is 0. The van der Waals surface area contributed by atoms with Gasteiger partial charge in [0.25, 0.3) is 0 Å². The van der Waals surface area contributed by atoms with Gasteiger partial charge in [0.2, 0.25) is 0 Å². The van der Waals surface area contributed by atoms with Crippen molar-refractivity contribution in [3.63, 3.8) is 0 Å². The van der Waals surface area contributed by atoms with Gasteiger partial charge in [0.15, 0.2) is 6.29 Å². The number of carbonyl (C=O) groups excluding carboxylic acids is 1. The molecule has 0 bridgehead atoms. The molecule has 0 saturated heterocycles. The van der Waals surface area contributed by atoms with E-state index in [0.29, 0.717) is 6.42 Å². The van der Waals surface area contributed by atoms with Crippen molar-refractivity contribution in [3.05, 3.63) is 12.2 Å². The van der Waals surface area contributed by atoms with Gasteiger partial charge >= 0.3 is 0 Å². The van der Waals surface area contributed by atoms with Crippen molar-refractivity contribution in [1.29, 1.82) is 0 Å². The summed E-state index contributed by atoms with van der Waals surface area (Å²) in [5.74, 6) is 0. The van der Waals surface area contributed by atoms with E-state index in [1.165, 1.54) is 0 Å². The first-order valence-electron chi connectivity index (χ1n) is 4.89. The van der Waals surface area contributed by atoms with Crippen LogP contribution in [-0.2, 0) is 14.3 Å². The smallest absolute Gasteiger partial charge is 0.154 e. The number of ether oxygens (including phenoxy) is 2. The van der Waals surface area contributed by atoms with Crippen LogP contribution in [0.2, 0.25) is 0 Å². The summed E-state index contributed by atoms with van der Waals surface area (Å²) in [6.07, 6.45) is 1.31. The van der Waals surface area contributed by atoms with E-state index >= 15 is 0 Å². The maximum Gasteiger partial charge on any atom is 0.154 e. The van der Waals surface area contributed by atoms with Crippen LogP contribution in [0, 0.1) is 0 Å². The maximum absolute atomic E-state index is 9.55. The van der Waals surface area contributed by atoms with Gasteiger partial charge in [-0.15, -0.1) is 0 Å². The lowest BCUT2D eigenvalue weighted by Gasteiger charge is -2.09. The van der Waals surface area contributed by atoms with Crippen LogP contribution in [0.15, 0.2) is 12.2 Å². The quantitative estimate of drug-likeness (QED) is 0.377. The van der Waals surface area contributed by atoms with Gasteiger partial charge in [-0.05, 0) is 27.7 Å². The fourth-order valence-electron chi connectivity index (χ4n) is 0.660. The summed E-state index contributed by atoms with van der Waals surface area (Å²) in [7, 11) is 0. The second kappa shape index (κ2) is 12.3. The van der Waals surface area contributed by atoms with Gasteiger partial charge in [0.05, 0.1) is 0 Å². The zero-order valence-electron chi connectivity index (χ0n) is 9.71. The molecule has 3 nitrogen and oxygen atoms in total. The molecule has 0 heterocycles. The average molecular weight is 202 g/mol. The summed E-state index contributed by atoms with van der Waals surface area (Å²) in [5, 5.41) is 0. The fourth-order valence-corrected chi connectivity index (χ4v) is 0.660. The zero-order chi connectivity index (χ0) is 11.4. The van der Waals surface area contributed by atoms with Gasteiger partial charge in [0, 0.05) is 19.6 Å². The minimum atomic E-state index is -0.0370. The summed E-state index contributed by atoms with van der Waals surface area (Å²) in [6, 6.07) is 0. The normalized spacial score (nSPS) is 9.21. The molecule has 0 aromatic carbocycles. The van der Waals surface area contributed by atoms with Gasteiger partial charge in [-0.2, -0.15) is 0 Å². The molecular formula is C11H22O3. The van der Waals surface area contributed by atoms with Crippen molar-refractivity contribution < 1.29 is 14.3 Å². The Balaban J connectivity index is 0. The van der Waals surface area contributed by atoms with Crippen LogP contribution in [0.1, 0.15) is 34.1 Å². The summed E-state index contributed by atoms with van der Waals surface area (Å²) >= 11 is 0. The van der Waals surface area contributed by atoms with Crippen LogP contribution in [0.3, 0.4) is 0 Å². The highest BCUT2D eigenvalue weighted by Gasteiger charge is 1.94. The lowest BCUT2D eigenvalue weighted by atomic mass is 10.3. The number of rotatable bonds is 6. The zero-order valence-corrected chi connectivity index (χ0v) is 9.71. The molecule has 0 rings (SSSR count). The lowest BCUT2D eigenvalue weighted by molar-refractivity contribution is -0.123. The molecule has 0 spiro atoms. The predicted molar refractivity (Wildman–Crippen MR) is 58.2 cm³/mol. The molecule has 0 saturated carbocycles. The SMILES string of the molecule is C=C(C)CC=O.CCOC(C)OCC. The van der Waals surface area contributed by atoms with Crippen LogP contribution < -0.4 is 0 Å². The van der Waals surface area contributed by atoms with E-state index in [9.17, 15) is 4.79 Å². The Morgan fingerprint density at radius 1 is 1.36 bits per heavy atom. The van der Waals surface area contributed by atoms with Gasteiger partial charge in [-0.1, -0.05) is 12.2 Å². The third-order valence-corrected chi connectivity index (χ3v) is 1.23. The summed E-state index contributed by atoms with van der Waals surface area (Å²) in [6.45, 7) is 12.6. The van der Waals surface area contributed by atoms with Crippen LogP contribution in [0.5, 0.6) is 0 Å². The molecule has 0 aliphatic rings. The molecule has 0 amide bonds. The van der Waals surface area contributed by atoms with Crippen molar-refractivity contribution in [2.24, 2.45) is 0 Å². The van der Waals surface area contributed by atoms with Crippen molar-refractivity contribution in [1.82, 2.24) is 0 Å². The lowest BCUT2D eigenvalue weighted by Crippen LogP contribution is -2.11. The molecule has 3 heteroatoms. The minimum absolute atomic E-state index is 0.0370. The molecular weight excluding hydrogens is 180 g/mol.